The molecule has 0 spiro atoms. The third kappa shape index (κ3) is 3.06. The molecule has 2 nitrogen and oxygen atoms in total. The first-order valence-corrected chi connectivity index (χ1v) is 6.56. The van der Waals surface area contributed by atoms with E-state index in [0.717, 1.165) is 17.9 Å². The van der Waals surface area contributed by atoms with Gasteiger partial charge in [0, 0.05) is 33.9 Å². The molecule has 1 aliphatic rings. The fourth-order valence-corrected chi connectivity index (χ4v) is 3.66. The van der Waals surface area contributed by atoms with Crippen molar-refractivity contribution in [2.75, 3.05) is 11.5 Å². The van der Waals surface area contributed by atoms with Gasteiger partial charge in [-0.25, -0.2) is 0 Å². The van der Waals surface area contributed by atoms with Crippen molar-refractivity contribution in [1.29, 1.82) is 0 Å². The summed E-state index contributed by atoms with van der Waals surface area (Å²) in [6.07, 6.45) is 1.16. The fourth-order valence-electron chi connectivity index (χ4n) is 1.84. The van der Waals surface area contributed by atoms with Gasteiger partial charge in [-0.2, -0.15) is 0 Å². The summed E-state index contributed by atoms with van der Waals surface area (Å²) >= 11 is 0. The maximum atomic E-state index is 11.6. The van der Waals surface area contributed by atoms with Gasteiger partial charge >= 0.3 is 0 Å². The van der Waals surface area contributed by atoms with E-state index in [4.69, 9.17) is 0 Å². The minimum Gasteiger partial charge on any atom is -0.307 e. The molecule has 0 aliphatic carbocycles. The first-order chi connectivity index (χ1) is 5.94. The summed E-state index contributed by atoms with van der Waals surface area (Å²) in [7, 11) is -0.624. The van der Waals surface area contributed by atoms with Crippen LogP contribution in [-0.2, 0) is 10.8 Å². The van der Waals surface area contributed by atoms with E-state index in [9.17, 15) is 4.21 Å². The van der Waals surface area contributed by atoms with E-state index in [2.05, 4.69) is 33.0 Å². The molecule has 0 radical (unpaired) electrons. The predicted octanol–water partition coefficient (Wildman–Crippen LogP) is 1.53. The molecule has 0 aromatic heterocycles. The summed E-state index contributed by atoms with van der Waals surface area (Å²) in [4.78, 5) is 0. The molecule has 1 N–H and O–H groups in total. The average Bonchev–Trinajstić information content (AvgIpc) is 1.99. The summed E-state index contributed by atoms with van der Waals surface area (Å²) in [5.41, 5.74) is 0.0528. The second kappa shape index (κ2) is 4.09. The van der Waals surface area contributed by atoms with Crippen molar-refractivity contribution in [2.45, 2.75) is 45.7 Å². The van der Waals surface area contributed by atoms with Gasteiger partial charge in [0.15, 0.2) is 0 Å². The van der Waals surface area contributed by atoms with Crippen LogP contribution in [0.2, 0.25) is 0 Å². The van der Waals surface area contributed by atoms with Crippen molar-refractivity contribution in [3.8, 4) is 0 Å². The number of hydrogen-bond donors (Lipinski definition) is 1. The van der Waals surface area contributed by atoms with Gasteiger partial charge < -0.3 is 5.32 Å². The Morgan fingerprint density at radius 3 is 2.69 bits per heavy atom. The maximum Gasteiger partial charge on any atom is 0.0412 e. The van der Waals surface area contributed by atoms with Crippen LogP contribution in [-0.4, -0.2) is 27.3 Å². The van der Waals surface area contributed by atoms with Crippen molar-refractivity contribution in [1.82, 2.24) is 5.32 Å². The van der Waals surface area contributed by atoms with E-state index in [0.29, 0.717) is 12.0 Å². The fraction of sp³-hybridized carbons (Fsp3) is 1.00. The van der Waals surface area contributed by atoms with Crippen LogP contribution in [0.3, 0.4) is 0 Å². The Morgan fingerprint density at radius 2 is 2.23 bits per heavy atom. The molecule has 0 aromatic rings. The second-order valence-electron chi connectivity index (χ2n) is 4.77. The predicted molar refractivity (Wildman–Crippen MR) is 58.3 cm³/mol. The topological polar surface area (TPSA) is 29.1 Å². The molecule has 1 rings (SSSR count). The van der Waals surface area contributed by atoms with Crippen LogP contribution in [0.4, 0.5) is 0 Å². The number of nitrogens with one attached hydrogen (secondary N) is 1. The molecule has 78 valence electrons. The molecule has 0 amide bonds. The quantitative estimate of drug-likeness (QED) is 0.737. The van der Waals surface area contributed by atoms with E-state index >= 15 is 0 Å². The smallest absolute Gasteiger partial charge is 0.0412 e. The maximum absolute atomic E-state index is 11.6. The van der Waals surface area contributed by atoms with Crippen LogP contribution in [0, 0.1) is 5.92 Å². The van der Waals surface area contributed by atoms with Crippen molar-refractivity contribution in [3.63, 3.8) is 0 Å². The number of rotatable bonds is 2. The molecule has 1 saturated heterocycles. The summed E-state index contributed by atoms with van der Waals surface area (Å²) in [5.74, 6) is 2.25. The zero-order valence-electron chi connectivity index (χ0n) is 9.09. The van der Waals surface area contributed by atoms with Gasteiger partial charge in [0.2, 0.25) is 0 Å². The zero-order chi connectivity index (χ0) is 10.1. The van der Waals surface area contributed by atoms with Gasteiger partial charge in [-0.3, -0.25) is 4.21 Å². The van der Waals surface area contributed by atoms with Crippen LogP contribution in [0.5, 0.6) is 0 Å². The molecule has 3 heteroatoms. The standard InChI is InChI=1S/C10H21NOS/c1-5-8(2)9-6-13(12)7-10(3,4)11-9/h8-9,11H,5-7H2,1-4H3. The van der Waals surface area contributed by atoms with Gasteiger partial charge in [-0.05, 0) is 19.8 Å². The Labute approximate surface area is 83.9 Å². The van der Waals surface area contributed by atoms with Crippen molar-refractivity contribution < 1.29 is 4.21 Å². The molecular formula is C10H21NOS. The van der Waals surface area contributed by atoms with Crippen LogP contribution in [0.15, 0.2) is 0 Å². The Bertz CT molecular complexity index is 203. The third-order valence-corrected chi connectivity index (χ3v) is 4.57. The molecule has 13 heavy (non-hydrogen) atoms. The summed E-state index contributed by atoms with van der Waals surface area (Å²) in [5, 5.41) is 3.58. The molecular weight excluding hydrogens is 182 g/mol. The van der Waals surface area contributed by atoms with E-state index in [-0.39, 0.29) is 5.54 Å². The SMILES string of the molecule is CCC(C)C1CS(=O)CC(C)(C)N1. The van der Waals surface area contributed by atoms with Gasteiger partial charge in [0.05, 0.1) is 0 Å². The molecule has 1 heterocycles. The molecule has 0 aromatic carbocycles. The van der Waals surface area contributed by atoms with Gasteiger partial charge in [0.1, 0.15) is 0 Å². The van der Waals surface area contributed by atoms with Gasteiger partial charge in [-0.15, -0.1) is 0 Å². The Hall–Kier alpha value is 0.110. The molecule has 3 unspecified atom stereocenters. The number of hydrogen-bond acceptors (Lipinski definition) is 2. The van der Waals surface area contributed by atoms with E-state index in [1.807, 2.05) is 0 Å². The Kier molecular flexibility index (Phi) is 3.52. The van der Waals surface area contributed by atoms with Crippen molar-refractivity contribution in [3.05, 3.63) is 0 Å². The second-order valence-corrected chi connectivity index (χ2v) is 6.27. The molecule has 0 bridgehead atoms. The van der Waals surface area contributed by atoms with E-state index in [1.165, 1.54) is 0 Å². The minimum absolute atomic E-state index is 0.0528. The highest BCUT2D eigenvalue weighted by Crippen LogP contribution is 2.19. The van der Waals surface area contributed by atoms with Crippen molar-refractivity contribution in [2.24, 2.45) is 5.92 Å². The van der Waals surface area contributed by atoms with Crippen LogP contribution in [0.1, 0.15) is 34.1 Å². The molecule has 0 saturated carbocycles. The van der Waals surface area contributed by atoms with Crippen LogP contribution >= 0.6 is 0 Å². The summed E-state index contributed by atoms with van der Waals surface area (Å²) in [6.45, 7) is 8.70. The largest absolute Gasteiger partial charge is 0.307 e. The monoisotopic (exact) mass is 203 g/mol. The van der Waals surface area contributed by atoms with Crippen molar-refractivity contribution >= 4 is 10.8 Å². The minimum atomic E-state index is -0.624. The molecule has 1 fully saturated rings. The third-order valence-electron chi connectivity index (χ3n) is 2.79. The highest BCUT2D eigenvalue weighted by molar-refractivity contribution is 7.85. The van der Waals surface area contributed by atoms with Crippen LogP contribution < -0.4 is 5.32 Å². The lowest BCUT2D eigenvalue weighted by atomic mass is 9.97. The lowest BCUT2D eigenvalue weighted by Gasteiger charge is -2.39. The van der Waals surface area contributed by atoms with E-state index < -0.39 is 10.8 Å². The highest BCUT2D eigenvalue weighted by atomic mass is 32.2. The first kappa shape index (κ1) is 11.2. The normalized spacial score (nSPS) is 35.7. The summed E-state index contributed by atoms with van der Waals surface area (Å²) < 4.78 is 11.6. The molecule has 1 aliphatic heterocycles. The lowest BCUT2D eigenvalue weighted by molar-refractivity contribution is 0.296. The van der Waals surface area contributed by atoms with E-state index in [1.54, 1.807) is 0 Å². The Morgan fingerprint density at radius 1 is 1.62 bits per heavy atom. The highest BCUT2D eigenvalue weighted by Gasteiger charge is 2.33. The Balaban J connectivity index is 2.62. The van der Waals surface area contributed by atoms with Gasteiger partial charge in [0.25, 0.3) is 0 Å². The average molecular weight is 203 g/mol. The first-order valence-electron chi connectivity index (χ1n) is 5.07. The molecule has 3 atom stereocenters. The lowest BCUT2D eigenvalue weighted by Crippen LogP contribution is -2.58. The summed E-state index contributed by atoms with van der Waals surface area (Å²) in [6, 6.07) is 0.439. The van der Waals surface area contributed by atoms with Gasteiger partial charge in [-0.1, -0.05) is 20.3 Å². The zero-order valence-corrected chi connectivity index (χ0v) is 9.91. The van der Waals surface area contributed by atoms with Crippen LogP contribution in [0.25, 0.3) is 0 Å².